The summed E-state index contributed by atoms with van der Waals surface area (Å²) in [5, 5.41) is 9.53. The predicted molar refractivity (Wildman–Crippen MR) is 102 cm³/mol. The molecule has 132 valence electrons. The standard InChI is InChI=1S/C19H21ClFN3O/c1-2-12-3-5-13(6-4-12)10-24-19(18(23)11-25)14-9-16(21)15(20)7-8-17(14)22/h2-6,9-10,17,25H,1,7-8,11,22-23H2/b19-18+,24-10?. The number of aliphatic imine (C=N–C) groups is 1. The Morgan fingerprint density at radius 1 is 1.36 bits per heavy atom. The van der Waals surface area contributed by atoms with Gasteiger partial charge in [-0.05, 0) is 35.6 Å². The van der Waals surface area contributed by atoms with Gasteiger partial charge < -0.3 is 16.6 Å². The molecular weight excluding hydrogens is 341 g/mol. The number of nitrogens with zero attached hydrogens (tertiary/aromatic N) is 1. The van der Waals surface area contributed by atoms with Gasteiger partial charge in [-0.15, -0.1) is 0 Å². The number of aliphatic hydroxyl groups is 1. The van der Waals surface area contributed by atoms with Crippen LogP contribution in [0.5, 0.6) is 0 Å². The van der Waals surface area contributed by atoms with Crippen molar-refractivity contribution in [3.8, 4) is 0 Å². The van der Waals surface area contributed by atoms with Gasteiger partial charge in [-0.2, -0.15) is 0 Å². The van der Waals surface area contributed by atoms with Crippen LogP contribution in [0.2, 0.25) is 0 Å². The van der Waals surface area contributed by atoms with E-state index in [-0.39, 0.29) is 16.4 Å². The minimum absolute atomic E-state index is 0.117. The fraction of sp³-hybridized carbons (Fsp3) is 0.211. The molecule has 0 spiro atoms. The number of allylic oxidation sites excluding steroid dienone is 3. The van der Waals surface area contributed by atoms with Gasteiger partial charge in [0.2, 0.25) is 0 Å². The van der Waals surface area contributed by atoms with Gasteiger partial charge in [0.15, 0.2) is 0 Å². The lowest BCUT2D eigenvalue weighted by Gasteiger charge is -2.16. The molecule has 1 aliphatic rings. The fourth-order valence-corrected chi connectivity index (χ4v) is 2.56. The first kappa shape index (κ1) is 19.1. The van der Waals surface area contributed by atoms with Crippen LogP contribution in [0.25, 0.3) is 6.08 Å². The molecule has 1 unspecified atom stereocenters. The zero-order chi connectivity index (χ0) is 18.4. The van der Waals surface area contributed by atoms with E-state index in [1.54, 1.807) is 12.3 Å². The molecule has 0 saturated carbocycles. The molecule has 0 aliphatic heterocycles. The van der Waals surface area contributed by atoms with Gasteiger partial charge in [0.1, 0.15) is 5.83 Å². The summed E-state index contributed by atoms with van der Waals surface area (Å²) in [4.78, 5) is 4.36. The van der Waals surface area contributed by atoms with Crippen molar-refractivity contribution in [2.24, 2.45) is 16.5 Å². The van der Waals surface area contributed by atoms with Gasteiger partial charge in [-0.1, -0.05) is 48.5 Å². The number of hydrogen-bond acceptors (Lipinski definition) is 4. The van der Waals surface area contributed by atoms with Gasteiger partial charge in [0.05, 0.1) is 23.0 Å². The second kappa shape index (κ2) is 8.76. The molecule has 0 heterocycles. The zero-order valence-electron chi connectivity index (χ0n) is 13.8. The average Bonchev–Trinajstić information content (AvgIpc) is 2.76. The highest BCUT2D eigenvalue weighted by molar-refractivity contribution is 6.30. The summed E-state index contributed by atoms with van der Waals surface area (Å²) in [6.45, 7) is 3.29. The number of halogens is 2. The van der Waals surface area contributed by atoms with Crippen LogP contribution < -0.4 is 11.5 Å². The Balaban J connectivity index is 2.41. The van der Waals surface area contributed by atoms with E-state index in [9.17, 15) is 9.50 Å². The van der Waals surface area contributed by atoms with Crippen molar-refractivity contribution < 1.29 is 9.50 Å². The highest BCUT2D eigenvalue weighted by Gasteiger charge is 2.21. The molecule has 1 aromatic rings. The van der Waals surface area contributed by atoms with Crippen LogP contribution >= 0.6 is 11.6 Å². The summed E-state index contributed by atoms with van der Waals surface area (Å²) in [6.07, 6.45) is 5.38. The molecule has 0 saturated heterocycles. The van der Waals surface area contributed by atoms with E-state index in [1.807, 2.05) is 24.3 Å². The molecule has 0 aromatic heterocycles. The summed E-state index contributed by atoms with van der Waals surface area (Å²) < 4.78 is 14.1. The molecule has 25 heavy (non-hydrogen) atoms. The molecule has 1 aromatic carbocycles. The maximum atomic E-state index is 14.1. The lowest BCUT2D eigenvalue weighted by Crippen LogP contribution is -2.24. The molecule has 6 heteroatoms. The Kier molecular flexibility index (Phi) is 6.70. The molecule has 0 fully saturated rings. The van der Waals surface area contributed by atoms with Crippen LogP contribution in [-0.4, -0.2) is 24.0 Å². The lowest BCUT2D eigenvalue weighted by molar-refractivity contribution is 0.328. The minimum Gasteiger partial charge on any atom is -0.398 e. The number of benzene rings is 1. The number of hydrogen-bond donors (Lipinski definition) is 3. The Labute approximate surface area is 151 Å². The molecule has 1 atom stereocenters. The van der Waals surface area contributed by atoms with E-state index in [2.05, 4.69) is 11.6 Å². The van der Waals surface area contributed by atoms with E-state index in [1.165, 1.54) is 6.08 Å². The second-order valence-electron chi connectivity index (χ2n) is 5.66. The van der Waals surface area contributed by atoms with Crippen LogP contribution in [0.3, 0.4) is 0 Å². The summed E-state index contributed by atoms with van der Waals surface area (Å²) in [5.41, 5.74) is 14.6. The Morgan fingerprint density at radius 3 is 2.60 bits per heavy atom. The first-order valence-corrected chi connectivity index (χ1v) is 8.21. The van der Waals surface area contributed by atoms with Gasteiger partial charge in [-0.25, -0.2) is 4.39 Å². The first-order chi connectivity index (χ1) is 12.0. The topological polar surface area (TPSA) is 84.6 Å². The summed E-state index contributed by atoms with van der Waals surface area (Å²) >= 11 is 5.88. The maximum absolute atomic E-state index is 14.1. The largest absolute Gasteiger partial charge is 0.398 e. The molecule has 0 bridgehead atoms. The van der Waals surface area contributed by atoms with Crippen molar-refractivity contribution in [1.29, 1.82) is 0 Å². The Bertz CT molecular complexity index is 763. The van der Waals surface area contributed by atoms with Crippen molar-refractivity contribution in [1.82, 2.24) is 0 Å². The van der Waals surface area contributed by atoms with Crippen molar-refractivity contribution in [3.63, 3.8) is 0 Å². The van der Waals surface area contributed by atoms with E-state index in [0.29, 0.717) is 18.4 Å². The number of rotatable bonds is 5. The highest BCUT2D eigenvalue weighted by atomic mass is 35.5. The third-order valence-electron chi connectivity index (χ3n) is 3.88. The maximum Gasteiger partial charge on any atom is 0.138 e. The van der Waals surface area contributed by atoms with Crippen molar-refractivity contribution in [3.05, 3.63) is 75.9 Å². The smallest absolute Gasteiger partial charge is 0.138 e. The molecule has 0 radical (unpaired) electrons. The molecule has 4 nitrogen and oxygen atoms in total. The third-order valence-corrected chi connectivity index (χ3v) is 4.25. The number of aliphatic hydroxyl groups excluding tert-OH is 1. The SMILES string of the molecule is C=Cc1ccc(C=N/C(C2=CC(F)=C(Cl)CCC2N)=C(/N)CO)cc1. The molecule has 2 rings (SSSR count). The zero-order valence-corrected chi connectivity index (χ0v) is 14.5. The van der Waals surface area contributed by atoms with Crippen LogP contribution in [-0.2, 0) is 0 Å². The van der Waals surface area contributed by atoms with Crippen LogP contribution in [0.15, 0.2) is 69.7 Å². The normalized spacial score (nSPS) is 19.5. The molecule has 5 N–H and O–H groups in total. The van der Waals surface area contributed by atoms with Gasteiger partial charge in [0, 0.05) is 12.3 Å². The first-order valence-electron chi connectivity index (χ1n) is 7.84. The third kappa shape index (κ3) is 4.89. The highest BCUT2D eigenvalue weighted by Crippen LogP contribution is 2.30. The summed E-state index contributed by atoms with van der Waals surface area (Å²) in [7, 11) is 0. The summed E-state index contributed by atoms with van der Waals surface area (Å²) in [6, 6.07) is 7.04. The van der Waals surface area contributed by atoms with Crippen molar-refractivity contribution >= 4 is 23.9 Å². The van der Waals surface area contributed by atoms with Crippen LogP contribution in [0, 0.1) is 0 Å². The Hall–Kier alpha value is -2.21. The molecule has 1 aliphatic carbocycles. The van der Waals surface area contributed by atoms with Crippen LogP contribution in [0.1, 0.15) is 24.0 Å². The van der Waals surface area contributed by atoms with E-state index < -0.39 is 18.5 Å². The van der Waals surface area contributed by atoms with E-state index >= 15 is 0 Å². The average molecular weight is 362 g/mol. The van der Waals surface area contributed by atoms with Crippen LogP contribution in [0.4, 0.5) is 4.39 Å². The molecule has 0 amide bonds. The minimum atomic E-state index is -0.557. The van der Waals surface area contributed by atoms with E-state index in [0.717, 1.165) is 11.1 Å². The van der Waals surface area contributed by atoms with Gasteiger partial charge in [-0.3, -0.25) is 4.99 Å². The monoisotopic (exact) mass is 361 g/mol. The Morgan fingerprint density at radius 2 is 2.00 bits per heavy atom. The van der Waals surface area contributed by atoms with Gasteiger partial charge in [0.25, 0.3) is 0 Å². The van der Waals surface area contributed by atoms with Gasteiger partial charge >= 0.3 is 0 Å². The quantitative estimate of drug-likeness (QED) is 0.703. The summed E-state index contributed by atoms with van der Waals surface area (Å²) in [5.74, 6) is -0.557. The van der Waals surface area contributed by atoms with Crippen molar-refractivity contribution in [2.75, 3.05) is 6.61 Å². The molecular formula is C19H21ClFN3O. The number of nitrogens with two attached hydrogens (primary N) is 2. The van der Waals surface area contributed by atoms with Crippen molar-refractivity contribution in [2.45, 2.75) is 18.9 Å². The predicted octanol–water partition coefficient (Wildman–Crippen LogP) is 3.38. The van der Waals surface area contributed by atoms with E-state index in [4.69, 9.17) is 23.1 Å². The lowest BCUT2D eigenvalue weighted by atomic mass is 10.00. The fourth-order valence-electron chi connectivity index (χ4n) is 2.40. The second-order valence-corrected chi connectivity index (χ2v) is 6.11.